The molecule has 0 radical (unpaired) electrons. The molecule has 1 aliphatic heterocycles. The van der Waals surface area contributed by atoms with Crippen LogP contribution in [0.2, 0.25) is 0 Å². The van der Waals surface area contributed by atoms with E-state index in [2.05, 4.69) is 5.32 Å². The van der Waals surface area contributed by atoms with Crippen molar-refractivity contribution in [1.29, 1.82) is 0 Å². The van der Waals surface area contributed by atoms with E-state index in [1.54, 1.807) is 12.0 Å². The number of nitrogens with zero attached hydrogens (tertiary/aromatic N) is 2. The van der Waals surface area contributed by atoms with Crippen LogP contribution in [0, 0.1) is 11.8 Å². The molecule has 1 aromatic rings. The number of hydrogen-bond donors (Lipinski definition) is 1. The summed E-state index contributed by atoms with van der Waals surface area (Å²) in [7, 11) is 1.59. The van der Waals surface area contributed by atoms with Gasteiger partial charge in [0.2, 0.25) is 23.6 Å². The number of benzene rings is 1. The van der Waals surface area contributed by atoms with Gasteiger partial charge in [-0.15, -0.1) is 0 Å². The number of hydrogen-bond acceptors (Lipinski definition) is 5. The molecule has 1 heterocycles. The second-order valence-corrected chi connectivity index (χ2v) is 10.4. The van der Waals surface area contributed by atoms with Crippen LogP contribution in [0.1, 0.15) is 70.3 Å². The Bertz CT molecular complexity index is 1010. The topological polar surface area (TPSA) is 96.0 Å². The molecule has 37 heavy (non-hydrogen) atoms. The first kappa shape index (κ1) is 26.9. The van der Waals surface area contributed by atoms with Crippen molar-refractivity contribution in [2.45, 2.75) is 83.3 Å². The predicted molar refractivity (Wildman–Crippen MR) is 139 cm³/mol. The minimum absolute atomic E-state index is 0.0124. The molecule has 1 saturated carbocycles. The van der Waals surface area contributed by atoms with E-state index in [0.717, 1.165) is 31.2 Å². The molecule has 0 spiro atoms. The number of carbonyl (C=O) groups excluding carboxylic acids is 4. The van der Waals surface area contributed by atoms with E-state index in [4.69, 9.17) is 4.74 Å². The van der Waals surface area contributed by atoms with Crippen LogP contribution in [0.15, 0.2) is 36.4 Å². The first-order chi connectivity index (χ1) is 17.9. The zero-order valence-corrected chi connectivity index (χ0v) is 22.0. The maximum atomic E-state index is 13.6. The molecule has 3 atom stereocenters. The van der Waals surface area contributed by atoms with Gasteiger partial charge in [-0.05, 0) is 49.8 Å². The van der Waals surface area contributed by atoms with Gasteiger partial charge >= 0.3 is 0 Å². The summed E-state index contributed by atoms with van der Waals surface area (Å²) in [5.74, 6) is -0.718. The molecule has 4 rings (SSSR count). The van der Waals surface area contributed by atoms with Gasteiger partial charge in [-0.25, -0.2) is 0 Å². The standard InChI is InChI=1S/C29H39N3O5/c1-3-25(27(34)30-21-11-5-4-6-12-21)32(19-20-10-9-13-22(18-20)37-2)26(33)16-17-31-28(35)23-14-7-8-15-24(23)29(31)36/h7-10,13,18,21,23-25H,3-6,11-12,14-17,19H2,1-2H3,(H,30,34)/t23-,24+,25-/m1/s1. The average Bonchev–Trinajstić information content (AvgIpc) is 3.17. The Kier molecular flexibility index (Phi) is 9.00. The molecule has 1 saturated heterocycles. The third-order valence-corrected chi connectivity index (χ3v) is 7.97. The van der Waals surface area contributed by atoms with Crippen molar-refractivity contribution in [2.75, 3.05) is 13.7 Å². The molecule has 1 aromatic carbocycles. The number of imide groups is 1. The van der Waals surface area contributed by atoms with Crippen molar-refractivity contribution in [1.82, 2.24) is 15.1 Å². The summed E-state index contributed by atoms with van der Waals surface area (Å²) in [6.07, 6.45) is 10.8. The van der Waals surface area contributed by atoms with Gasteiger partial charge in [-0.1, -0.05) is 50.5 Å². The highest BCUT2D eigenvalue weighted by Gasteiger charge is 2.47. The number of amides is 4. The molecule has 3 aliphatic rings. The number of likely N-dealkylation sites (tertiary alicyclic amines) is 1. The first-order valence-electron chi connectivity index (χ1n) is 13.7. The quantitative estimate of drug-likeness (QED) is 0.384. The van der Waals surface area contributed by atoms with Crippen molar-refractivity contribution < 1.29 is 23.9 Å². The fraction of sp³-hybridized carbons (Fsp3) is 0.586. The lowest BCUT2D eigenvalue weighted by Crippen LogP contribution is -2.52. The zero-order valence-electron chi connectivity index (χ0n) is 22.0. The minimum atomic E-state index is -0.641. The molecule has 0 aromatic heterocycles. The number of fused-ring (bicyclic) bond motifs is 1. The van der Waals surface area contributed by atoms with Gasteiger partial charge in [0, 0.05) is 25.6 Å². The van der Waals surface area contributed by atoms with Crippen LogP contribution < -0.4 is 10.1 Å². The maximum Gasteiger partial charge on any atom is 0.243 e. The van der Waals surface area contributed by atoms with Crippen LogP contribution in [0.3, 0.4) is 0 Å². The molecule has 0 bridgehead atoms. The summed E-state index contributed by atoms with van der Waals surface area (Å²) in [4.78, 5) is 55.6. The highest BCUT2D eigenvalue weighted by Crippen LogP contribution is 2.35. The van der Waals surface area contributed by atoms with E-state index in [1.807, 2.05) is 43.3 Å². The Morgan fingerprint density at radius 2 is 1.76 bits per heavy atom. The molecule has 2 aliphatic carbocycles. The van der Waals surface area contributed by atoms with E-state index in [-0.39, 0.29) is 61.0 Å². The summed E-state index contributed by atoms with van der Waals surface area (Å²) in [5, 5.41) is 3.18. The number of ether oxygens (including phenoxy) is 1. The number of rotatable bonds is 10. The van der Waals surface area contributed by atoms with Crippen LogP contribution in [-0.2, 0) is 25.7 Å². The Hall–Kier alpha value is -3.16. The van der Waals surface area contributed by atoms with E-state index in [1.165, 1.54) is 11.3 Å². The van der Waals surface area contributed by atoms with Gasteiger partial charge < -0.3 is 15.0 Å². The number of methoxy groups -OCH3 is 1. The largest absolute Gasteiger partial charge is 0.497 e. The molecular formula is C29H39N3O5. The van der Waals surface area contributed by atoms with Crippen molar-refractivity contribution in [3.63, 3.8) is 0 Å². The second-order valence-electron chi connectivity index (χ2n) is 10.4. The lowest BCUT2D eigenvalue weighted by Gasteiger charge is -2.33. The SMILES string of the molecule is CC[C@H](C(=O)NC1CCCCC1)N(Cc1cccc(OC)c1)C(=O)CCN1C(=O)[C@H]2CC=CC[C@H]2C1=O. The molecule has 1 N–H and O–H groups in total. The van der Waals surface area contributed by atoms with Gasteiger partial charge in [-0.3, -0.25) is 24.1 Å². The molecule has 2 fully saturated rings. The van der Waals surface area contributed by atoms with Crippen LogP contribution in [0.25, 0.3) is 0 Å². The smallest absolute Gasteiger partial charge is 0.243 e. The summed E-state index contributed by atoms with van der Waals surface area (Å²) >= 11 is 0. The molecule has 8 nitrogen and oxygen atoms in total. The normalized spacial score (nSPS) is 22.5. The van der Waals surface area contributed by atoms with Gasteiger partial charge in [0.15, 0.2) is 0 Å². The Balaban J connectivity index is 1.49. The third-order valence-electron chi connectivity index (χ3n) is 7.97. The van der Waals surface area contributed by atoms with Crippen molar-refractivity contribution in [3.8, 4) is 5.75 Å². The van der Waals surface area contributed by atoms with Crippen LogP contribution in [0.4, 0.5) is 0 Å². The van der Waals surface area contributed by atoms with Gasteiger partial charge in [0.05, 0.1) is 18.9 Å². The Morgan fingerprint density at radius 3 is 2.38 bits per heavy atom. The number of allylic oxidation sites excluding steroid dienone is 2. The van der Waals surface area contributed by atoms with E-state index in [9.17, 15) is 19.2 Å². The molecule has 4 amide bonds. The molecule has 200 valence electrons. The van der Waals surface area contributed by atoms with Crippen molar-refractivity contribution in [2.24, 2.45) is 11.8 Å². The maximum absolute atomic E-state index is 13.6. The van der Waals surface area contributed by atoms with Gasteiger partial charge in [-0.2, -0.15) is 0 Å². The zero-order chi connectivity index (χ0) is 26.4. The van der Waals surface area contributed by atoms with Crippen molar-refractivity contribution >= 4 is 23.6 Å². The number of nitrogens with one attached hydrogen (secondary N) is 1. The highest BCUT2D eigenvalue weighted by molar-refractivity contribution is 6.05. The summed E-state index contributed by atoms with van der Waals surface area (Å²) in [6, 6.07) is 6.95. The van der Waals surface area contributed by atoms with Crippen molar-refractivity contribution in [3.05, 3.63) is 42.0 Å². The lowest BCUT2D eigenvalue weighted by atomic mass is 9.85. The Morgan fingerprint density at radius 1 is 1.08 bits per heavy atom. The number of carbonyl (C=O) groups is 4. The van der Waals surface area contributed by atoms with Crippen LogP contribution >= 0.6 is 0 Å². The van der Waals surface area contributed by atoms with Gasteiger partial charge in [0.1, 0.15) is 11.8 Å². The molecule has 8 heteroatoms. The highest BCUT2D eigenvalue weighted by atomic mass is 16.5. The summed E-state index contributed by atoms with van der Waals surface area (Å²) < 4.78 is 5.35. The summed E-state index contributed by atoms with van der Waals surface area (Å²) in [6.45, 7) is 2.19. The summed E-state index contributed by atoms with van der Waals surface area (Å²) in [5.41, 5.74) is 0.849. The fourth-order valence-corrected chi connectivity index (χ4v) is 5.87. The minimum Gasteiger partial charge on any atom is -0.497 e. The van der Waals surface area contributed by atoms with Crippen LogP contribution in [0.5, 0.6) is 5.75 Å². The van der Waals surface area contributed by atoms with E-state index >= 15 is 0 Å². The molecule has 0 unspecified atom stereocenters. The first-order valence-corrected chi connectivity index (χ1v) is 13.7. The average molecular weight is 510 g/mol. The predicted octanol–water partition coefficient (Wildman–Crippen LogP) is 3.59. The second kappa shape index (κ2) is 12.4. The van der Waals surface area contributed by atoms with Gasteiger partial charge in [0.25, 0.3) is 0 Å². The monoisotopic (exact) mass is 509 g/mol. The fourth-order valence-electron chi connectivity index (χ4n) is 5.87. The van der Waals surface area contributed by atoms with Crippen LogP contribution in [-0.4, -0.2) is 59.2 Å². The lowest BCUT2D eigenvalue weighted by molar-refractivity contribution is -0.144. The van der Waals surface area contributed by atoms with E-state index < -0.39 is 6.04 Å². The van der Waals surface area contributed by atoms with E-state index in [0.29, 0.717) is 25.0 Å². The third kappa shape index (κ3) is 6.22. The molecular weight excluding hydrogens is 470 g/mol. The Labute approximate surface area is 219 Å².